The fourth-order valence-corrected chi connectivity index (χ4v) is 2.15. The van der Waals surface area contributed by atoms with E-state index in [1.807, 2.05) is 12.1 Å². The number of carbonyl (C=O) groups is 1. The number of nitrogens with zero attached hydrogens (tertiary/aromatic N) is 2. The topological polar surface area (TPSA) is 92.0 Å². The highest BCUT2D eigenvalue weighted by molar-refractivity contribution is 5.92. The van der Waals surface area contributed by atoms with Gasteiger partial charge in [-0.1, -0.05) is 12.1 Å². The molecule has 1 amide bonds. The zero-order valence-electron chi connectivity index (χ0n) is 14.8. The maximum Gasteiger partial charge on any atom is 0.248 e. The molecule has 0 unspecified atom stereocenters. The highest BCUT2D eigenvalue weighted by atomic mass is 16.5. The highest BCUT2D eigenvalue weighted by Gasteiger charge is 2.02. The van der Waals surface area contributed by atoms with Crippen LogP contribution in [0, 0.1) is 0 Å². The Morgan fingerprint density at radius 2 is 1.96 bits per heavy atom. The average molecular weight is 335 g/mol. The largest absolute Gasteiger partial charge is 0.385 e. The van der Waals surface area contributed by atoms with Crippen molar-refractivity contribution in [2.45, 2.75) is 13.0 Å². The van der Waals surface area contributed by atoms with Gasteiger partial charge in [0.05, 0.1) is 0 Å². The van der Waals surface area contributed by atoms with Gasteiger partial charge in [-0.25, -0.2) is 0 Å². The number of hydrogen-bond acceptors (Lipinski definition) is 4. The van der Waals surface area contributed by atoms with Gasteiger partial charge in [-0.05, 0) is 31.2 Å². The predicted octanol–water partition coefficient (Wildman–Crippen LogP) is 0.419. The standard InChI is InChI=1S/C17H29N5O2/c1-19-17(20-9-11-22(2)10-4-12-24-3)21-13-14-5-7-15(8-6-14)16(18)23/h5-8H,4,9-13H2,1-3H3,(H2,18,23)(H2,19,20,21). The number of methoxy groups -OCH3 is 1. The molecule has 0 spiro atoms. The van der Waals surface area contributed by atoms with Gasteiger partial charge in [0.15, 0.2) is 5.96 Å². The first-order valence-electron chi connectivity index (χ1n) is 8.07. The normalized spacial score (nSPS) is 11.6. The number of likely N-dealkylation sites (N-methyl/N-ethyl adjacent to an activating group) is 1. The van der Waals surface area contributed by atoms with E-state index in [1.54, 1.807) is 26.3 Å². The van der Waals surface area contributed by atoms with E-state index in [9.17, 15) is 4.79 Å². The number of hydrogen-bond donors (Lipinski definition) is 3. The molecule has 1 aromatic carbocycles. The first kappa shape index (κ1) is 19.9. The summed E-state index contributed by atoms with van der Waals surface area (Å²) < 4.78 is 5.05. The molecule has 1 aromatic rings. The molecule has 134 valence electrons. The fourth-order valence-electron chi connectivity index (χ4n) is 2.15. The molecule has 24 heavy (non-hydrogen) atoms. The predicted molar refractivity (Wildman–Crippen MR) is 97.2 cm³/mol. The Bertz CT molecular complexity index is 516. The molecule has 7 heteroatoms. The first-order chi connectivity index (χ1) is 11.6. The Morgan fingerprint density at radius 1 is 1.25 bits per heavy atom. The zero-order chi connectivity index (χ0) is 17.8. The lowest BCUT2D eigenvalue weighted by Crippen LogP contribution is -2.40. The van der Waals surface area contributed by atoms with Gasteiger partial charge in [0.25, 0.3) is 0 Å². The van der Waals surface area contributed by atoms with Crippen molar-refractivity contribution in [2.75, 3.05) is 47.4 Å². The Balaban J connectivity index is 2.28. The third-order valence-electron chi connectivity index (χ3n) is 3.60. The van der Waals surface area contributed by atoms with Crippen molar-refractivity contribution >= 4 is 11.9 Å². The van der Waals surface area contributed by atoms with Crippen LogP contribution in [0.1, 0.15) is 22.3 Å². The van der Waals surface area contributed by atoms with Crippen LogP contribution >= 0.6 is 0 Å². The van der Waals surface area contributed by atoms with Gasteiger partial charge in [-0.2, -0.15) is 0 Å². The molecule has 1 rings (SSSR count). The minimum absolute atomic E-state index is 0.415. The molecule has 0 saturated heterocycles. The summed E-state index contributed by atoms with van der Waals surface area (Å²) in [6.07, 6.45) is 1.03. The van der Waals surface area contributed by atoms with Crippen LogP contribution in [0.3, 0.4) is 0 Å². The van der Waals surface area contributed by atoms with Crippen molar-refractivity contribution in [1.82, 2.24) is 15.5 Å². The Labute approximate surface area is 144 Å². The lowest BCUT2D eigenvalue weighted by Gasteiger charge is -2.18. The van der Waals surface area contributed by atoms with Crippen LogP contribution in [0.25, 0.3) is 0 Å². The molecule has 0 aliphatic rings. The van der Waals surface area contributed by atoms with Gasteiger partial charge in [-0.15, -0.1) is 0 Å². The number of amides is 1. The number of guanidine groups is 1. The van der Waals surface area contributed by atoms with Crippen LogP contribution in [0.4, 0.5) is 0 Å². The third kappa shape index (κ3) is 7.94. The summed E-state index contributed by atoms with van der Waals surface area (Å²) in [5.41, 5.74) is 6.80. The summed E-state index contributed by atoms with van der Waals surface area (Å²) >= 11 is 0. The summed E-state index contributed by atoms with van der Waals surface area (Å²) in [5.74, 6) is 0.334. The van der Waals surface area contributed by atoms with Gasteiger partial charge in [-0.3, -0.25) is 9.79 Å². The molecule has 0 fully saturated rings. The number of nitrogens with one attached hydrogen (secondary N) is 2. The van der Waals surface area contributed by atoms with Crippen molar-refractivity contribution in [3.63, 3.8) is 0 Å². The van der Waals surface area contributed by atoms with Gasteiger partial charge in [0.1, 0.15) is 0 Å². The number of benzene rings is 1. The molecule has 0 aliphatic heterocycles. The van der Waals surface area contributed by atoms with Crippen molar-refractivity contribution in [2.24, 2.45) is 10.7 Å². The van der Waals surface area contributed by atoms with Crippen LogP contribution in [0.5, 0.6) is 0 Å². The molecule has 0 radical (unpaired) electrons. The number of nitrogens with two attached hydrogens (primary N) is 1. The van der Waals surface area contributed by atoms with Crippen LogP contribution in [-0.4, -0.2) is 64.2 Å². The van der Waals surface area contributed by atoms with Gasteiger partial charge >= 0.3 is 0 Å². The molecule has 0 saturated carbocycles. The van der Waals surface area contributed by atoms with Crippen molar-refractivity contribution in [3.8, 4) is 0 Å². The summed E-state index contributed by atoms with van der Waals surface area (Å²) in [4.78, 5) is 17.5. The molecule has 0 heterocycles. The van der Waals surface area contributed by atoms with Crippen LogP contribution in [0.15, 0.2) is 29.3 Å². The number of aliphatic imine (C=N–C) groups is 1. The Kier molecular flexibility index (Phi) is 9.48. The lowest BCUT2D eigenvalue weighted by molar-refractivity contribution is 0.100. The van der Waals surface area contributed by atoms with E-state index in [0.717, 1.165) is 44.2 Å². The molecule has 0 bridgehead atoms. The van der Waals surface area contributed by atoms with Crippen molar-refractivity contribution < 1.29 is 9.53 Å². The second-order valence-electron chi connectivity index (χ2n) is 5.56. The molecule has 0 aliphatic carbocycles. The Morgan fingerprint density at radius 3 is 2.54 bits per heavy atom. The van der Waals surface area contributed by atoms with E-state index >= 15 is 0 Å². The molecule has 0 aromatic heterocycles. The van der Waals surface area contributed by atoms with Gasteiger partial charge in [0, 0.05) is 52.5 Å². The number of rotatable bonds is 10. The van der Waals surface area contributed by atoms with E-state index in [1.165, 1.54) is 0 Å². The molecular weight excluding hydrogens is 306 g/mol. The summed E-state index contributed by atoms with van der Waals surface area (Å²) in [6, 6.07) is 7.21. The SMILES string of the molecule is CN=C(NCCN(C)CCCOC)NCc1ccc(C(N)=O)cc1. The fraction of sp³-hybridized carbons (Fsp3) is 0.529. The summed E-state index contributed by atoms with van der Waals surface area (Å²) in [5, 5.41) is 6.53. The van der Waals surface area contributed by atoms with Crippen LogP contribution in [0.2, 0.25) is 0 Å². The first-order valence-corrected chi connectivity index (χ1v) is 8.07. The van der Waals surface area contributed by atoms with E-state index in [4.69, 9.17) is 10.5 Å². The maximum absolute atomic E-state index is 11.0. The van der Waals surface area contributed by atoms with Gasteiger partial charge < -0.3 is 26.0 Å². The number of carbonyl (C=O) groups excluding carboxylic acids is 1. The number of ether oxygens (including phenoxy) is 1. The highest BCUT2D eigenvalue weighted by Crippen LogP contribution is 2.03. The summed E-state index contributed by atoms with van der Waals surface area (Å²) in [7, 11) is 5.56. The molecular formula is C17H29N5O2. The molecule has 0 atom stereocenters. The smallest absolute Gasteiger partial charge is 0.248 e. The third-order valence-corrected chi connectivity index (χ3v) is 3.60. The summed E-state index contributed by atoms with van der Waals surface area (Å²) in [6.45, 7) is 4.16. The minimum atomic E-state index is -0.415. The van der Waals surface area contributed by atoms with E-state index in [-0.39, 0.29) is 0 Å². The second-order valence-corrected chi connectivity index (χ2v) is 5.56. The van der Waals surface area contributed by atoms with Gasteiger partial charge in [0.2, 0.25) is 5.91 Å². The quantitative estimate of drug-likeness (QED) is 0.327. The average Bonchev–Trinajstić information content (AvgIpc) is 2.58. The van der Waals surface area contributed by atoms with E-state index in [0.29, 0.717) is 12.1 Å². The second kappa shape index (κ2) is 11.4. The van der Waals surface area contributed by atoms with Crippen molar-refractivity contribution in [3.05, 3.63) is 35.4 Å². The Hall–Kier alpha value is -2.12. The maximum atomic E-state index is 11.0. The molecule has 4 N–H and O–H groups in total. The lowest BCUT2D eigenvalue weighted by atomic mass is 10.1. The van der Waals surface area contributed by atoms with Crippen LogP contribution in [-0.2, 0) is 11.3 Å². The number of primary amides is 1. The van der Waals surface area contributed by atoms with E-state index < -0.39 is 5.91 Å². The minimum Gasteiger partial charge on any atom is -0.385 e. The molecule has 7 nitrogen and oxygen atoms in total. The van der Waals surface area contributed by atoms with Crippen LogP contribution < -0.4 is 16.4 Å². The zero-order valence-corrected chi connectivity index (χ0v) is 14.8. The monoisotopic (exact) mass is 335 g/mol. The van der Waals surface area contributed by atoms with E-state index in [2.05, 4.69) is 27.6 Å². The van der Waals surface area contributed by atoms with Crippen molar-refractivity contribution in [1.29, 1.82) is 0 Å².